The number of nitrogens with zero attached hydrogens (tertiary/aromatic N) is 3. The van der Waals surface area contributed by atoms with Gasteiger partial charge in [-0.25, -0.2) is 0 Å². The molecular weight excluding hydrogens is 246 g/mol. The maximum atomic E-state index is 12.0. The summed E-state index contributed by atoms with van der Waals surface area (Å²) in [7, 11) is 0. The Morgan fingerprint density at radius 2 is 2.21 bits per heavy atom. The van der Waals surface area contributed by atoms with Crippen molar-refractivity contribution in [3.05, 3.63) is 18.5 Å². The molecule has 0 saturated carbocycles. The Labute approximate surface area is 112 Å². The lowest BCUT2D eigenvalue weighted by Gasteiger charge is -2.40. The Balaban J connectivity index is 2.05. The fourth-order valence-electron chi connectivity index (χ4n) is 2.84. The van der Waals surface area contributed by atoms with E-state index in [1.807, 2.05) is 26.1 Å². The molecule has 1 saturated heterocycles. The smallest absolute Gasteiger partial charge is 0.308 e. The van der Waals surface area contributed by atoms with E-state index >= 15 is 0 Å². The molecule has 3 unspecified atom stereocenters. The van der Waals surface area contributed by atoms with Gasteiger partial charge < -0.3 is 10.0 Å². The molecule has 0 radical (unpaired) electrons. The van der Waals surface area contributed by atoms with Crippen molar-refractivity contribution >= 4 is 11.9 Å². The summed E-state index contributed by atoms with van der Waals surface area (Å²) in [5.41, 5.74) is 0. The normalized spacial score (nSPS) is 27.6. The number of piperidine rings is 1. The minimum Gasteiger partial charge on any atom is -0.481 e. The molecule has 1 fully saturated rings. The number of hydrogen-bond acceptors (Lipinski definition) is 3. The van der Waals surface area contributed by atoms with E-state index in [0.29, 0.717) is 19.5 Å². The first-order valence-corrected chi connectivity index (χ1v) is 6.50. The second kappa shape index (κ2) is 5.42. The molecule has 104 valence electrons. The van der Waals surface area contributed by atoms with Gasteiger partial charge >= 0.3 is 5.97 Å². The SMILES string of the molecule is CC1CC(=O)N(CCn2cccn2)C(C)C1C(=O)O. The summed E-state index contributed by atoms with van der Waals surface area (Å²) in [4.78, 5) is 25.0. The predicted octanol–water partition coefficient (Wildman–Crippen LogP) is 0.841. The molecule has 1 amide bonds. The van der Waals surface area contributed by atoms with Crippen molar-refractivity contribution in [1.29, 1.82) is 0 Å². The van der Waals surface area contributed by atoms with Crippen LogP contribution in [0.5, 0.6) is 0 Å². The highest BCUT2D eigenvalue weighted by Crippen LogP contribution is 2.29. The van der Waals surface area contributed by atoms with Crippen LogP contribution >= 0.6 is 0 Å². The van der Waals surface area contributed by atoms with E-state index in [4.69, 9.17) is 0 Å². The molecule has 2 rings (SSSR count). The van der Waals surface area contributed by atoms with E-state index in [0.717, 1.165) is 0 Å². The second-order valence-electron chi connectivity index (χ2n) is 5.14. The van der Waals surface area contributed by atoms with Crippen LogP contribution in [0.1, 0.15) is 20.3 Å². The summed E-state index contributed by atoms with van der Waals surface area (Å²) in [6, 6.07) is 1.55. The van der Waals surface area contributed by atoms with Gasteiger partial charge in [-0.2, -0.15) is 5.10 Å². The fourth-order valence-corrected chi connectivity index (χ4v) is 2.84. The molecule has 1 aromatic rings. The van der Waals surface area contributed by atoms with Crippen LogP contribution in [0.3, 0.4) is 0 Å². The largest absolute Gasteiger partial charge is 0.481 e. The molecule has 0 spiro atoms. The lowest BCUT2D eigenvalue weighted by molar-refractivity contribution is -0.154. The van der Waals surface area contributed by atoms with Crippen LogP contribution in [0.15, 0.2) is 18.5 Å². The van der Waals surface area contributed by atoms with E-state index in [1.54, 1.807) is 15.8 Å². The standard InChI is InChI=1S/C13H19N3O3/c1-9-8-11(17)16(10(2)12(9)13(18)19)7-6-15-5-3-4-14-15/h3-5,9-10,12H,6-8H2,1-2H3,(H,18,19). The number of aromatic nitrogens is 2. The van der Waals surface area contributed by atoms with Crippen molar-refractivity contribution in [3.8, 4) is 0 Å². The van der Waals surface area contributed by atoms with E-state index < -0.39 is 11.9 Å². The molecule has 6 nitrogen and oxygen atoms in total. The molecule has 1 aliphatic heterocycles. The molecule has 3 atom stereocenters. The van der Waals surface area contributed by atoms with Gasteiger partial charge in [0.25, 0.3) is 0 Å². The van der Waals surface area contributed by atoms with Gasteiger partial charge in [0.15, 0.2) is 0 Å². The van der Waals surface area contributed by atoms with Gasteiger partial charge in [-0.15, -0.1) is 0 Å². The molecule has 19 heavy (non-hydrogen) atoms. The average molecular weight is 265 g/mol. The zero-order chi connectivity index (χ0) is 14.0. The van der Waals surface area contributed by atoms with Gasteiger partial charge in [-0.1, -0.05) is 6.92 Å². The van der Waals surface area contributed by atoms with Gasteiger partial charge in [0.05, 0.1) is 12.5 Å². The zero-order valence-corrected chi connectivity index (χ0v) is 11.2. The van der Waals surface area contributed by atoms with E-state index in [-0.39, 0.29) is 17.9 Å². The molecule has 0 bridgehead atoms. The number of aliphatic carboxylic acids is 1. The van der Waals surface area contributed by atoms with Crippen molar-refractivity contribution in [2.45, 2.75) is 32.9 Å². The number of hydrogen-bond donors (Lipinski definition) is 1. The van der Waals surface area contributed by atoms with Crippen LogP contribution in [0, 0.1) is 11.8 Å². The van der Waals surface area contributed by atoms with Crippen molar-refractivity contribution < 1.29 is 14.7 Å². The third-order valence-corrected chi connectivity index (χ3v) is 3.86. The summed E-state index contributed by atoms with van der Waals surface area (Å²) in [6.07, 6.45) is 3.82. The second-order valence-corrected chi connectivity index (χ2v) is 5.14. The number of amides is 1. The Kier molecular flexibility index (Phi) is 3.87. The lowest BCUT2D eigenvalue weighted by atomic mass is 9.81. The first-order chi connectivity index (χ1) is 9.00. The van der Waals surface area contributed by atoms with Crippen LogP contribution in [-0.4, -0.2) is 44.3 Å². The molecular formula is C13H19N3O3. The topological polar surface area (TPSA) is 75.4 Å². The maximum absolute atomic E-state index is 12.0. The molecule has 2 heterocycles. The number of likely N-dealkylation sites (tertiary alicyclic amines) is 1. The highest BCUT2D eigenvalue weighted by Gasteiger charge is 2.41. The first-order valence-electron chi connectivity index (χ1n) is 6.50. The average Bonchev–Trinajstić information content (AvgIpc) is 2.80. The highest BCUT2D eigenvalue weighted by molar-refractivity contribution is 5.81. The van der Waals surface area contributed by atoms with Crippen molar-refractivity contribution in [2.24, 2.45) is 11.8 Å². The van der Waals surface area contributed by atoms with Gasteiger partial charge in [0.1, 0.15) is 0 Å². The Bertz CT molecular complexity index is 458. The minimum absolute atomic E-state index is 0.0321. The zero-order valence-electron chi connectivity index (χ0n) is 11.2. The van der Waals surface area contributed by atoms with Gasteiger partial charge in [-0.3, -0.25) is 14.3 Å². The van der Waals surface area contributed by atoms with Gasteiger partial charge in [0.2, 0.25) is 5.91 Å². The number of carboxylic acid groups (broad SMARTS) is 1. The van der Waals surface area contributed by atoms with Crippen LogP contribution in [0.2, 0.25) is 0 Å². The van der Waals surface area contributed by atoms with Crippen LogP contribution in [-0.2, 0) is 16.1 Å². The summed E-state index contributed by atoms with van der Waals surface area (Å²) in [5.74, 6) is -1.39. The molecule has 1 aromatic heterocycles. The predicted molar refractivity (Wildman–Crippen MR) is 68.3 cm³/mol. The summed E-state index contributed by atoms with van der Waals surface area (Å²) >= 11 is 0. The van der Waals surface area contributed by atoms with Crippen LogP contribution in [0.25, 0.3) is 0 Å². The summed E-state index contributed by atoms with van der Waals surface area (Å²) in [5, 5.41) is 13.4. The van der Waals surface area contributed by atoms with Crippen molar-refractivity contribution in [3.63, 3.8) is 0 Å². The number of rotatable bonds is 4. The first kappa shape index (κ1) is 13.6. The van der Waals surface area contributed by atoms with Gasteiger partial charge in [-0.05, 0) is 18.9 Å². The highest BCUT2D eigenvalue weighted by atomic mass is 16.4. The summed E-state index contributed by atoms with van der Waals surface area (Å²) in [6.45, 7) is 4.73. The molecule has 0 aliphatic carbocycles. The molecule has 1 aliphatic rings. The third-order valence-electron chi connectivity index (χ3n) is 3.86. The number of carbonyl (C=O) groups excluding carboxylic acids is 1. The molecule has 0 aromatic carbocycles. The van der Waals surface area contributed by atoms with Crippen LogP contribution < -0.4 is 0 Å². The lowest BCUT2D eigenvalue weighted by Crippen LogP contribution is -2.53. The molecule has 6 heteroatoms. The monoisotopic (exact) mass is 265 g/mol. The van der Waals surface area contributed by atoms with E-state index in [1.165, 1.54) is 0 Å². The fraction of sp³-hybridized carbons (Fsp3) is 0.615. The van der Waals surface area contributed by atoms with E-state index in [2.05, 4.69) is 5.10 Å². The maximum Gasteiger partial charge on any atom is 0.308 e. The number of carbonyl (C=O) groups is 2. The van der Waals surface area contributed by atoms with Crippen LogP contribution in [0.4, 0.5) is 0 Å². The molecule has 1 N–H and O–H groups in total. The van der Waals surface area contributed by atoms with E-state index in [9.17, 15) is 14.7 Å². The Hall–Kier alpha value is -1.85. The number of carboxylic acids is 1. The minimum atomic E-state index is -0.823. The van der Waals surface area contributed by atoms with Crippen molar-refractivity contribution in [1.82, 2.24) is 14.7 Å². The quantitative estimate of drug-likeness (QED) is 0.875. The van der Waals surface area contributed by atoms with Crippen molar-refractivity contribution in [2.75, 3.05) is 6.54 Å². The van der Waals surface area contributed by atoms with Gasteiger partial charge in [0, 0.05) is 31.4 Å². The Morgan fingerprint density at radius 1 is 1.47 bits per heavy atom. The third kappa shape index (κ3) is 2.77. The Morgan fingerprint density at radius 3 is 2.79 bits per heavy atom. The summed E-state index contributed by atoms with van der Waals surface area (Å²) < 4.78 is 1.74.